The summed E-state index contributed by atoms with van der Waals surface area (Å²) in [6.07, 6.45) is 0.694. The SMILES string of the molecule is O=C(CCc1nc(-c2ccsc2)no1)Nc1cccc(N2CCOCC2)c1. The van der Waals surface area contributed by atoms with Gasteiger partial charge in [-0.05, 0) is 29.6 Å². The Balaban J connectivity index is 1.32. The van der Waals surface area contributed by atoms with Crippen molar-refractivity contribution in [3.8, 4) is 11.4 Å². The third-order valence-corrected chi connectivity index (χ3v) is 5.00. The van der Waals surface area contributed by atoms with Gasteiger partial charge in [-0.15, -0.1) is 0 Å². The molecule has 8 heteroatoms. The Morgan fingerprint density at radius 1 is 1.26 bits per heavy atom. The molecule has 1 saturated heterocycles. The molecule has 3 aromatic rings. The van der Waals surface area contributed by atoms with Gasteiger partial charge >= 0.3 is 0 Å². The summed E-state index contributed by atoms with van der Waals surface area (Å²) in [5.74, 6) is 0.947. The van der Waals surface area contributed by atoms with E-state index >= 15 is 0 Å². The topological polar surface area (TPSA) is 80.5 Å². The minimum atomic E-state index is -0.0792. The molecule has 2 aromatic heterocycles. The van der Waals surface area contributed by atoms with Gasteiger partial charge in [0.05, 0.1) is 13.2 Å². The molecule has 0 unspecified atom stereocenters. The molecule has 0 saturated carbocycles. The van der Waals surface area contributed by atoms with Gasteiger partial charge in [-0.3, -0.25) is 4.79 Å². The minimum absolute atomic E-state index is 0.0792. The zero-order chi connectivity index (χ0) is 18.5. The highest BCUT2D eigenvalue weighted by Gasteiger charge is 2.13. The highest BCUT2D eigenvalue weighted by Crippen LogP contribution is 2.21. The van der Waals surface area contributed by atoms with E-state index in [2.05, 4.69) is 20.4 Å². The molecular formula is C19H20N4O3S. The van der Waals surface area contributed by atoms with Crippen LogP contribution in [-0.4, -0.2) is 42.4 Å². The number of anilines is 2. The molecule has 1 N–H and O–H groups in total. The lowest BCUT2D eigenvalue weighted by Gasteiger charge is -2.29. The maximum absolute atomic E-state index is 12.3. The molecule has 0 aliphatic carbocycles. The van der Waals surface area contributed by atoms with Crippen molar-refractivity contribution in [2.24, 2.45) is 0 Å². The molecule has 1 aromatic carbocycles. The number of hydrogen-bond acceptors (Lipinski definition) is 7. The van der Waals surface area contributed by atoms with Crippen LogP contribution in [0.5, 0.6) is 0 Å². The molecule has 7 nitrogen and oxygen atoms in total. The number of carbonyl (C=O) groups excluding carboxylic acids is 1. The van der Waals surface area contributed by atoms with Crippen LogP contribution >= 0.6 is 11.3 Å². The number of rotatable bonds is 6. The van der Waals surface area contributed by atoms with E-state index in [9.17, 15) is 4.79 Å². The number of thiophene rings is 1. The largest absolute Gasteiger partial charge is 0.378 e. The summed E-state index contributed by atoms with van der Waals surface area (Å²) in [4.78, 5) is 18.9. The Labute approximate surface area is 161 Å². The summed E-state index contributed by atoms with van der Waals surface area (Å²) in [5.41, 5.74) is 2.81. The lowest BCUT2D eigenvalue weighted by molar-refractivity contribution is -0.116. The van der Waals surface area contributed by atoms with Crippen molar-refractivity contribution in [2.75, 3.05) is 36.5 Å². The second-order valence-corrected chi connectivity index (χ2v) is 7.00. The molecule has 1 amide bonds. The van der Waals surface area contributed by atoms with Crippen LogP contribution in [0.4, 0.5) is 11.4 Å². The van der Waals surface area contributed by atoms with Crippen molar-refractivity contribution in [1.29, 1.82) is 0 Å². The molecule has 4 rings (SSSR count). The van der Waals surface area contributed by atoms with E-state index in [1.54, 1.807) is 11.3 Å². The molecule has 140 valence electrons. The zero-order valence-electron chi connectivity index (χ0n) is 14.8. The molecule has 3 heterocycles. The Kier molecular flexibility index (Phi) is 5.45. The van der Waals surface area contributed by atoms with E-state index in [0.717, 1.165) is 43.2 Å². The number of aryl methyl sites for hydroxylation is 1. The van der Waals surface area contributed by atoms with E-state index in [4.69, 9.17) is 9.26 Å². The normalized spacial score (nSPS) is 14.3. The zero-order valence-corrected chi connectivity index (χ0v) is 15.6. The maximum Gasteiger partial charge on any atom is 0.227 e. The lowest BCUT2D eigenvalue weighted by Crippen LogP contribution is -2.36. The quantitative estimate of drug-likeness (QED) is 0.703. The summed E-state index contributed by atoms with van der Waals surface area (Å²) in [6, 6.07) is 9.82. The first-order valence-electron chi connectivity index (χ1n) is 8.86. The molecule has 0 bridgehead atoms. The number of amides is 1. The van der Waals surface area contributed by atoms with Crippen molar-refractivity contribution >= 4 is 28.6 Å². The number of carbonyl (C=O) groups is 1. The Morgan fingerprint density at radius 3 is 2.96 bits per heavy atom. The average molecular weight is 384 g/mol. The van der Waals surface area contributed by atoms with Crippen LogP contribution in [0.3, 0.4) is 0 Å². The predicted molar refractivity (Wildman–Crippen MR) is 104 cm³/mol. The van der Waals surface area contributed by atoms with Crippen molar-refractivity contribution in [2.45, 2.75) is 12.8 Å². The molecule has 27 heavy (non-hydrogen) atoms. The van der Waals surface area contributed by atoms with Gasteiger partial charge in [-0.1, -0.05) is 11.2 Å². The van der Waals surface area contributed by atoms with E-state index in [1.165, 1.54) is 0 Å². The Morgan fingerprint density at radius 2 is 2.15 bits per heavy atom. The van der Waals surface area contributed by atoms with Gasteiger partial charge in [0, 0.05) is 48.2 Å². The number of morpholine rings is 1. The van der Waals surface area contributed by atoms with Crippen LogP contribution in [0.15, 0.2) is 45.6 Å². The monoisotopic (exact) mass is 384 g/mol. The van der Waals surface area contributed by atoms with Crippen molar-refractivity contribution in [3.63, 3.8) is 0 Å². The molecule has 1 aliphatic heterocycles. The van der Waals surface area contributed by atoms with E-state index in [-0.39, 0.29) is 12.3 Å². The van der Waals surface area contributed by atoms with Crippen molar-refractivity contribution in [1.82, 2.24) is 10.1 Å². The number of hydrogen-bond donors (Lipinski definition) is 1. The van der Waals surface area contributed by atoms with Gasteiger partial charge in [-0.2, -0.15) is 16.3 Å². The van der Waals surface area contributed by atoms with E-state index in [0.29, 0.717) is 18.1 Å². The Hall–Kier alpha value is -2.71. The fourth-order valence-corrected chi connectivity index (χ4v) is 3.55. The third kappa shape index (κ3) is 4.53. The highest BCUT2D eigenvalue weighted by molar-refractivity contribution is 7.08. The van der Waals surface area contributed by atoms with Crippen LogP contribution in [0.2, 0.25) is 0 Å². The second kappa shape index (κ2) is 8.32. The molecule has 1 fully saturated rings. The average Bonchev–Trinajstić information content (AvgIpc) is 3.39. The number of aromatic nitrogens is 2. The summed E-state index contributed by atoms with van der Waals surface area (Å²) < 4.78 is 10.6. The number of nitrogens with zero attached hydrogens (tertiary/aromatic N) is 3. The van der Waals surface area contributed by atoms with Crippen molar-refractivity contribution < 1.29 is 14.1 Å². The fraction of sp³-hybridized carbons (Fsp3) is 0.316. The van der Waals surface area contributed by atoms with Crippen LogP contribution in [-0.2, 0) is 16.0 Å². The van der Waals surface area contributed by atoms with Gasteiger partial charge in [0.25, 0.3) is 0 Å². The van der Waals surface area contributed by atoms with Crippen LogP contribution in [0.1, 0.15) is 12.3 Å². The summed E-state index contributed by atoms with van der Waals surface area (Å²) >= 11 is 1.58. The molecule has 0 atom stereocenters. The summed E-state index contributed by atoms with van der Waals surface area (Å²) in [5, 5.41) is 10.8. The van der Waals surface area contributed by atoms with Gasteiger partial charge in [0.1, 0.15) is 0 Å². The number of nitrogens with one attached hydrogen (secondary N) is 1. The van der Waals surface area contributed by atoms with Gasteiger partial charge in [-0.25, -0.2) is 0 Å². The summed E-state index contributed by atoms with van der Waals surface area (Å²) in [7, 11) is 0. The van der Waals surface area contributed by atoms with E-state index < -0.39 is 0 Å². The minimum Gasteiger partial charge on any atom is -0.378 e. The molecule has 1 aliphatic rings. The second-order valence-electron chi connectivity index (χ2n) is 6.22. The van der Waals surface area contributed by atoms with E-state index in [1.807, 2.05) is 41.1 Å². The number of benzene rings is 1. The molecule has 0 radical (unpaired) electrons. The Bertz CT molecular complexity index is 888. The van der Waals surface area contributed by atoms with Gasteiger partial charge in [0.15, 0.2) is 0 Å². The predicted octanol–water partition coefficient (Wildman–Crippen LogP) is 3.21. The highest BCUT2D eigenvalue weighted by atomic mass is 32.1. The van der Waals surface area contributed by atoms with Crippen LogP contribution in [0, 0.1) is 0 Å². The van der Waals surface area contributed by atoms with Gasteiger partial charge < -0.3 is 19.5 Å². The first kappa shape index (κ1) is 17.7. The maximum atomic E-state index is 12.3. The number of ether oxygens (including phenoxy) is 1. The molecular weight excluding hydrogens is 364 g/mol. The summed E-state index contributed by atoms with van der Waals surface area (Å²) in [6.45, 7) is 3.18. The molecule has 0 spiro atoms. The standard InChI is InChI=1S/C19H20N4O3S/c24-17(4-5-18-21-19(22-26-18)14-6-11-27-13-14)20-15-2-1-3-16(12-15)23-7-9-25-10-8-23/h1-3,6,11-13H,4-5,7-10H2,(H,20,24). The smallest absolute Gasteiger partial charge is 0.227 e. The van der Waals surface area contributed by atoms with Gasteiger partial charge in [0.2, 0.25) is 17.6 Å². The fourth-order valence-electron chi connectivity index (χ4n) is 2.91. The van der Waals surface area contributed by atoms with Crippen LogP contribution < -0.4 is 10.2 Å². The first-order chi connectivity index (χ1) is 13.3. The first-order valence-corrected chi connectivity index (χ1v) is 9.80. The lowest BCUT2D eigenvalue weighted by atomic mass is 10.2. The third-order valence-electron chi connectivity index (χ3n) is 4.32. The van der Waals surface area contributed by atoms with Crippen LogP contribution in [0.25, 0.3) is 11.4 Å². The van der Waals surface area contributed by atoms with Crippen molar-refractivity contribution in [3.05, 3.63) is 47.0 Å².